The van der Waals surface area contributed by atoms with Gasteiger partial charge in [-0.15, -0.1) is 0 Å². The summed E-state index contributed by atoms with van der Waals surface area (Å²) in [5.74, 6) is 0. The maximum atomic E-state index is 10.6. The Morgan fingerprint density at radius 2 is 2.33 bits per heavy atom. The lowest BCUT2D eigenvalue weighted by atomic mass is 10.2. The fraction of sp³-hybridized carbons (Fsp3) is 0.250. The molecule has 2 rings (SSSR count). The topological polar surface area (TPSA) is 73.0 Å². The molecule has 1 aromatic carbocycles. The van der Waals surface area contributed by atoms with Gasteiger partial charge in [-0.1, -0.05) is 6.07 Å². The number of aromatic nitrogens is 2. The summed E-state index contributed by atoms with van der Waals surface area (Å²) < 4.78 is 1.75. The van der Waals surface area contributed by atoms with E-state index in [1.807, 2.05) is 25.5 Å². The van der Waals surface area contributed by atoms with Crippen LogP contribution in [0.5, 0.6) is 0 Å². The van der Waals surface area contributed by atoms with E-state index in [-0.39, 0.29) is 5.69 Å². The molecule has 0 fully saturated rings. The third-order valence-corrected chi connectivity index (χ3v) is 2.56. The zero-order valence-electron chi connectivity index (χ0n) is 10.0. The summed E-state index contributed by atoms with van der Waals surface area (Å²) in [6, 6.07) is 6.50. The smallest absolute Gasteiger partial charge is 0.271 e. The standard InChI is InChI=1S/C12H14N4O2/c1-15-9-10(8-14-15)5-6-13-11-3-2-4-12(7-11)16(17)18/h2-4,7-9,13H,5-6H2,1H3. The van der Waals surface area contributed by atoms with Gasteiger partial charge in [-0.05, 0) is 18.1 Å². The van der Waals surface area contributed by atoms with Gasteiger partial charge in [0.2, 0.25) is 0 Å². The van der Waals surface area contributed by atoms with Crippen LogP contribution < -0.4 is 5.32 Å². The van der Waals surface area contributed by atoms with E-state index in [0.29, 0.717) is 6.54 Å². The number of aryl methyl sites for hydroxylation is 1. The van der Waals surface area contributed by atoms with Crippen LogP contribution in [-0.4, -0.2) is 21.2 Å². The van der Waals surface area contributed by atoms with Crippen LogP contribution >= 0.6 is 0 Å². The minimum Gasteiger partial charge on any atom is -0.385 e. The maximum absolute atomic E-state index is 10.6. The lowest BCUT2D eigenvalue weighted by molar-refractivity contribution is -0.384. The molecule has 0 radical (unpaired) electrons. The Bertz CT molecular complexity index is 551. The van der Waals surface area contributed by atoms with Crippen molar-refractivity contribution in [2.45, 2.75) is 6.42 Å². The molecule has 0 atom stereocenters. The molecule has 0 saturated heterocycles. The van der Waals surface area contributed by atoms with Gasteiger partial charge in [0.25, 0.3) is 5.69 Å². The van der Waals surface area contributed by atoms with Crippen LogP contribution in [0.15, 0.2) is 36.7 Å². The Morgan fingerprint density at radius 1 is 1.50 bits per heavy atom. The zero-order valence-corrected chi connectivity index (χ0v) is 10.0. The second-order valence-corrected chi connectivity index (χ2v) is 4.01. The van der Waals surface area contributed by atoms with Gasteiger partial charge in [0.1, 0.15) is 0 Å². The average molecular weight is 246 g/mol. The molecule has 1 N–H and O–H groups in total. The molecule has 0 aliphatic carbocycles. The maximum Gasteiger partial charge on any atom is 0.271 e. The van der Waals surface area contributed by atoms with Crippen molar-refractivity contribution in [3.63, 3.8) is 0 Å². The third kappa shape index (κ3) is 3.07. The molecule has 18 heavy (non-hydrogen) atoms. The quantitative estimate of drug-likeness (QED) is 0.646. The number of benzene rings is 1. The molecule has 0 amide bonds. The van der Waals surface area contributed by atoms with Gasteiger partial charge in [-0.25, -0.2) is 0 Å². The highest BCUT2D eigenvalue weighted by Crippen LogP contribution is 2.16. The number of rotatable bonds is 5. The van der Waals surface area contributed by atoms with Crippen LogP contribution in [0.1, 0.15) is 5.56 Å². The van der Waals surface area contributed by atoms with Gasteiger partial charge in [0.15, 0.2) is 0 Å². The molecular weight excluding hydrogens is 232 g/mol. The van der Waals surface area contributed by atoms with Gasteiger partial charge >= 0.3 is 0 Å². The molecule has 0 spiro atoms. The van der Waals surface area contributed by atoms with E-state index in [1.54, 1.807) is 10.7 Å². The fourth-order valence-corrected chi connectivity index (χ4v) is 1.68. The average Bonchev–Trinajstić information content (AvgIpc) is 2.75. The summed E-state index contributed by atoms with van der Waals surface area (Å²) in [6.45, 7) is 0.715. The van der Waals surface area contributed by atoms with Crippen LogP contribution in [-0.2, 0) is 13.5 Å². The van der Waals surface area contributed by atoms with E-state index >= 15 is 0 Å². The van der Waals surface area contributed by atoms with E-state index in [1.165, 1.54) is 12.1 Å². The minimum atomic E-state index is -0.397. The molecule has 0 unspecified atom stereocenters. The zero-order chi connectivity index (χ0) is 13.0. The van der Waals surface area contributed by atoms with Crippen LogP contribution in [0.25, 0.3) is 0 Å². The molecule has 6 nitrogen and oxygen atoms in total. The number of nitro groups is 1. The molecule has 0 aliphatic heterocycles. The second kappa shape index (κ2) is 5.31. The molecule has 1 heterocycles. The molecule has 2 aromatic rings. The minimum absolute atomic E-state index is 0.0985. The molecule has 0 aliphatic rings. The predicted octanol–water partition coefficient (Wildman–Crippen LogP) is 1.98. The first-order valence-corrected chi connectivity index (χ1v) is 5.61. The van der Waals surface area contributed by atoms with Crippen molar-refractivity contribution >= 4 is 11.4 Å². The van der Waals surface area contributed by atoms with Crippen molar-refractivity contribution in [1.29, 1.82) is 0 Å². The first-order chi connectivity index (χ1) is 8.65. The van der Waals surface area contributed by atoms with Gasteiger partial charge < -0.3 is 5.32 Å². The van der Waals surface area contributed by atoms with Crippen LogP contribution in [0.4, 0.5) is 11.4 Å². The summed E-state index contributed by atoms with van der Waals surface area (Å²) in [7, 11) is 1.87. The van der Waals surface area contributed by atoms with E-state index in [9.17, 15) is 10.1 Å². The number of nitrogens with zero attached hydrogens (tertiary/aromatic N) is 3. The summed E-state index contributed by atoms with van der Waals surface area (Å²) in [6.07, 6.45) is 4.60. The number of nitro benzene ring substituents is 1. The molecule has 1 aromatic heterocycles. The third-order valence-electron chi connectivity index (χ3n) is 2.56. The van der Waals surface area contributed by atoms with E-state index in [0.717, 1.165) is 17.7 Å². The number of anilines is 1. The Hall–Kier alpha value is -2.37. The first-order valence-electron chi connectivity index (χ1n) is 5.61. The number of hydrogen-bond donors (Lipinski definition) is 1. The largest absolute Gasteiger partial charge is 0.385 e. The summed E-state index contributed by atoms with van der Waals surface area (Å²) >= 11 is 0. The summed E-state index contributed by atoms with van der Waals surface area (Å²) in [4.78, 5) is 10.2. The molecule has 0 bridgehead atoms. The molecular formula is C12H14N4O2. The number of non-ortho nitro benzene ring substituents is 1. The van der Waals surface area contributed by atoms with Crippen molar-refractivity contribution in [2.75, 3.05) is 11.9 Å². The highest BCUT2D eigenvalue weighted by Gasteiger charge is 2.05. The molecule has 94 valence electrons. The Labute approximate surface area is 104 Å². The first kappa shape index (κ1) is 12.1. The summed E-state index contributed by atoms with van der Waals surface area (Å²) in [5.41, 5.74) is 1.99. The van der Waals surface area contributed by atoms with Crippen LogP contribution in [0.2, 0.25) is 0 Å². The van der Waals surface area contributed by atoms with Gasteiger partial charge in [0.05, 0.1) is 11.1 Å². The Morgan fingerprint density at radius 3 is 3.00 bits per heavy atom. The highest BCUT2D eigenvalue weighted by molar-refractivity contribution is 5.50. The van der Waals surface area contributed by atoms with E-state index in [2.05, 4.69) is 10.4 Å². The second-order valence-electron chi connectivity index (χ2n) is 4.01. The lowest BCUT2D eigenvalue weighted by Gasteiger charge is -2.04. The van der Waals surface area contributed by atoms with Gasteiger partial charge in [-0.3, -0.25) is 14.8 Å². The van der Waals surface area contributed by atoms with Crippen LogP contribution in [0.3, 0.4) is 0 Å². The van der Waals surface area contributed by atoms with Crippen LogP contribution in [0, 0.1) is 10.1 Å². The van der Waals surface area contributed by atoms with Crippen molar-refractivity contribution in [3.8, 4) is 0 Å². The van der Waals surface area contributed by atoms with Crippen molar-refractivity contribution in [2.24, 2.45) is 7.05 Å². The van der Waals surface area contributed by atoms with Gasteiger partial charge in [0, 0.05) is 37.6 Å². The van der Waals surface area contributed by atoms with E-state index in [4.69, 9.17) is 0 Å². The SMILES string of the molecule is Cn1cc(CCNc2cccc([N+](=O)[O-])c2)cn1. The number of nitrogens with one attached hydrogen (secondary N) is 1. The normalized spacial score (nSPS) is 10.3. The summed E-state index contributed by atoms with van der Waals surface area (Å²) in [5, 5.41) is 17.9. The monoisotopic (exact) mass is 246 g/mol. The predicted molar refractivity (Wildman–Crippen MR) is 68.5 cm³/mol. The Balaban J connectivity index is 1.90. The molecule has 0 saturated carbocycles. The van der Waals surface area contributed by atoms with Crippen molar-refractivity contribution in [1.82, 2.24) is 9.78 Å². The van der Waals surface area contributed by atoms with E-state index < -0.39 is 4.92 Å². The lowest BCUT2D eigenvalue weighted by Crippen LogP contribution is -2.04. The fourth-order valence-electron chi connectivity index (χ4n) is 1.68. The Kier molecular flexibility index (Phi) is 3.57. The van der Waals surface area contributed by atoms with Crippen molar-refractivity contribution < 1.29 is 4.92 Å². The van der Waals surface area contributed by atoms with Crippen molar-refractivity contribution in [3.05, 3.63) is 52.3 Å². The molecule has 6 heteroatoms. The number of hydrogen-bond acceptors (Lipinski definition) is 4. The highest BCUT2D eigenvalue weighted by atomic mass is 16.6. The van der Waals surface area contributed by atoms with Gasteiger partial charge in [-0.2, -0.15) is 5.10 Å².